The van der Waals surface area contributed by atoms with Gasteiger partial charge in [0, 0.05) is 19.6 Å². The summed E-state index contributed by atoms with van der Waals surface area (Å²) in [6.07, 6.45) is -0.425. The molecule has 0 aliphatic carbocycles. The topological polar surface area (TPSA) is 61.4 Å². The SMILES string of the molecule is CC(O)CNCCNC(=O)Cc1ccc(F)c(F)c1. The van der Waals surface area contributed by atoms with E-state index in [1.807, 2.05) is 0 Å². The number of benzene rings is 1. The van der Waals surface area contributed by atoms with Gasteiger partial charge < -0.3 is 15.7 Å². The fraction of sp³-hybridized carbons (Fsp3) is 0.462. The number of carbonyl (C=O) groups is 1. The van der Waals surface area contributed by atoms with Crippen LogP contribution >= 0.6 is 0 Å². The van der Waals surface area contributed by atoms with E-state index in [1.165, 1.54) is 6.07 Å². The maximum Gasteiger partial charge on any atom is 0.224 e. The van der Waals surface area contributed by atoms with Crippen LogP contribution in [0.1, 0.15) is 12.5 Å². The van der Waals surface area contributed by atoms with Crippen LogP contribution < -0.4 is 10.6 Å². The zero-order chi connectivity index (χ0) is 14.3. The first kappa shape index (κ1) is 15.5. The molecule has 1 atom stereocenters. The Kier molecular flexibility index (Phi) is 6.38. The molecule has 0 radical (unpaired) electrons. The second-order valence-corrected chi connectivity index (χ2v) is 4.33. The van der Waals surface area contributed by atoms with E-state index < -0.39 is 17.7 Å². The predicted molar refractivity (Wildman–Crippen MR) is 67.6 cm³/mol. The highest BCUT2D eigenvalue weighted by Gasteiger charge is 2.06. The molecule has 1 rings (SSSR count). The summed E-state index contributed by atoms with van der Waals surface area (Å²) in [5.74, 6) is -2.14. The van der Waals surface area contributed by atoms with Gasteiger partial charge in [0.05, 0.1) is 12.5 Å². The van der Waals surface area contributed by atoms with E-state index in [0.29, 0.717) is 25.2 Å². The van der Waals surface area contributed by atoms with Gasteiger partial charge in [0.15, 0.2) is 11.6 Å². The predicted octanol–water partition coefficient (Wildman–Crippen LogP) is 0.594. The molecule has 0 spiro atoms. The second-order valence-electron chi connectivity index (χ2n) is 4.33. The van der Waals surface area contributed by atoms with E-state index in [0.717, 1.165) is 12.1 Å². The minimum absolute atomic E-state index is 0.00754. The Morgan fingerprint density at radius 3 is 2.68 bits per heavy atom. The number of rotatable bonds is 7. The van der Waals surface area contributed by atoms with Gasteiger partial charge in [0.25, 0.3) is 0 Å². The van der Waals surface area contributed by atoms with Gasteiger partial charge in [-0.1, -0.05) is 6.07 Å². The summed E-state index contributed by atoms with van der Waals surface area (Å²) >= 11 is 0. The minimum Gasteiger partial charge on any atom is -0.392 e. The number of aliphatic hydroxyl groups is 1. The third-order valence-corrected chi connectivity index (χ3v) is 2.41. The van der Waals surface area contributed by atoms with E-state index in [4.69, 9.17) is 5.11 Å². The lowest BCUT2D eigenvalue weighted by Crippen LogP contribution is -2.35. The third kappa shape index (κ3) is 6.26. The molecule has 19 heavy (non-hydrogen) atoms. The van der Waals surface area contributed by atoms with Gasteiger partial charge in [-0.15, -0.1) is 0 Å². The maximum atomic E-state index is 12.9. The Bertz CT molecular complexity index is 425. The quantitative estimate of drug-likeness (QED) is 0.637. The Hall–Kier alpha value is -1.53. The molecule has 0 heterocycles. The standard InChI is InChI=1S/C13H18F2N2O2/c1-9(18)8-16-4-5-17-13(19)7-10-2-3-11(14)12(15)6-10/h2-3,6,9,16,18H,4-5,7-8H2,1H3,(H,17,19). The van der Waals surface area contributed by atoms with Crippen molar-refractivity contribution in [2.75, 3.05) is 19.6 Å². The molecule has 0 saturated carbocycles. The van der Waals surface area contributed by atoms with Crippen LogP contribution in [0.5, 0.6) is 0 Å². The highest BCUT2D eigenvalue weighted by Crippen LogP contribution is 2.08. The molecule has 0 aliphatic rings. The van der Waals surface area contributed by atoms with Crippen molar-refractivity contribution in [3.8, 4) is 0 Å². The lowest BCUT2D eigenvalue weighted by Gasteiger charge is -2.08. The first-order chi connectivity index (χ1) is 8.99. The second kappa shape index (κ2) is 7.81. The summed E-state index contributed by atoms with van der Waals surface area (Å²) in [6.45, 7) is 3.07. The van der Waals surface area contributed by atoms with Gasteiger partial charge in [-0.25, -0.2) is 8.78 Å². The van der Waals surface area contributed by atoms with Gasteiger partial charge in [0.1, 0.15) is 0 Å². The van der Waals surface area contributed by atoms with Crippen LogP contribution in [-0.4, -0.2) is 36.8 Å². The summed E-state index contributed by atoms with van der Waals surface area (Å²) in [7, 11) is 0. The van der Waals surface area contributed by atoms with E-state index in [1.54, 1.807) is 6.92 Å². The van der Waals surface area contributed by atoms with Crippen molar-refractivity contribution in [3.63, 3.8) is 0 Å². The van der Waals surface area contributed by atoms with Crippen molar-refractivity contribution >= 4 is 5.91 Å². The zero-order valence-electron chi connectivity index (χ0n) is 10.7. The molecule has 1 aromatic carbocycles. The first-order valence-corrected chi connectivity index (χ1v) is 6.08. The molecule has 0 saturated heterocycles. The highest BCUT2D eigenvalue weighted by molar-refractivity contribution is 5.78. The van der Waals surface area contributed by atoms with E-state index >= 15 is 0 Å². The summed E-state index contributed by atoms with van der Waals surface area (Å²) in [5, 5.41) is 14.6. The number of nitrogens with one attached hydrogen (secondary N) is 2. The van der Waals surface area contributed by atoms with E-state index in [-0.39, 0.29) is 12.3 Å². The molecule has 1 aromatic rings. The smallest absolute Gasteiger partial charge is 0.224 e. The van der Waals surface area contributed by atoms with Crippen molar-refractivity contribution in [3.05, 3.63) is 35.4 Å². The van der Waals surface area contributed by atoms with Gasteiger partial charge in [0.2, 0.25) is 5.91 Å². The zero-order valence-corrected chi connectivity index (χ0v) is 10.7. The first-order valence-electron chi connectivity index (χ1n) is 6.08. The molecular formula is C13H18F2N2O2. The van der Waals surface area contributed by atoms with Crippen molar-refractivity contribution < 1.29 is 18.7 Å². The Labute approximate surface area is 110 Å². The molecule has 0 fully saturated rings. The van der Waals surface area contributed by atoms with Crippen molar-refractivity contribution in [1.82, 2.24) is 10.6 Å². The van der Waals surface area contributed by atoms with E-state index in [9.17, 15) is 13.6 Å². The minimum atomic E-state index is -0.955. The van der Waals surface area contributed by atoms with Gasteiger partial charge in [-0.2, -0.15) is 0 Å². The molecular weight excluding hydrogens is 254 g/mol. The number of amides is 1. The van der Waals surface area contributed by atoms with Gasteiger partial charge in [-0.3, -0.25) is 4.79 Å². The lowest BCUT2D eigenvalue weighted by atomic mass is 10.1. The Balaban J connectivity index is 2.25. The fourth-order valence-corrected chi connectivity index (χ4v) is 1.50. The average molecular weight is 272 g/mol. The summed E-state index contributed by atoms with van der Waals surface area (Å²) in [6, 6.07) is 3.40. The highest BCUT2D eigenvalue weighted by atomic mass is 19.2. The lowest BCUT2D eigenvalue weighted by molar-refractivity contribution is -0.120. The molecule has 0 aliphatic heterocycles. The number of halogens is 2. The van der Waals surface area contributed by atoms with Crippen LogP contribution in [0.2, 0.25) is 0 Å². The molecule has 6 heteroatoms. The normalized spacial score (nSPS) is 12.2. The third-order valence-electron chi connectivity index (χ3n) is 2.41. The molecule has 3 N–H and O–H groups in total. The largest absolute Gasteiger partial charge is 0.392 e. The molecule has 1 unspecified atom stereocenters. The monoisotopic (exact) mass is 272 g/mol. The van der Waals surface area contributed by atoms with Gasteiger partial charge >= 0.3 is 0 Å². The Morgan fingerprint density at radius 1 is 1.32 bits per heavy atom. The average Bonchev–Trinajstić information content (AvgIpc) is 2.33. The number of hydrogen-bond donors (Lipinski definition) is 3. The van der Waals surface area contributed by atoms with Gasteiger partial charge in [-0.05, 0) is 24.6 Å². The van der Waals surface area contributed by atoms with Crippen LogP contribution in [-0.2, 0) is 11.2 Å². The van der Waals surface area contributed by atoms with Crippen LogP contribution in [0, 0.1) is 11.6 Å². The number of carbonyl (C=O) groups excluding carboxylic acids is 1. The molecule has 0 bridgehead atoms. The van der Waals surface area contributed by atoms with Crippen LogP contribution in [0.4, 0.5) is 8.78 Å². The summed E-state index contributed by atoms with van der Waals surface area (Å²) in [5.41, 5.74) is 0.424. The summed E-state index contributed by atoms with van der Waals surface area (Å²) < 4.78 is 25.6. The fourth-order valence-electron chi connectivity index (χ4n) is 1.50. The summed E-state index contributed by atoms with van der Waals surface area (Å²) in [4.78, 5) is 11.5. The van der Waals surface area contributed by atoms with Crippen LogP contribution in [0.15, 0.2) is 18.2 Å². The number of hydrogen-bond acceptors (Lipinski definition) is 3. The van der Waals surface area contributed by atoms with Crippen molar-refractivity contribution in [1.29, 1.82) is 0 Å². The maximum absolute atomic E-state index is 12.9. The van der Waals surface area contributed by atoms with Crippen molar-refractivity contribution in [2.45, 2.75) is 19.4 Å². The molecule has 4 nitrogen and oxygen atoms in total. The van der Waals surface area contributed by atoms with Crippen molar-refractivity contribution in [2.24, 2.45) is 0 Å². The molecule has 1 amide bonds. The van der Waals surface area contributed by atoms with Crippen LogP contribution in [0.25, 0.3) is 0 Å². The number of aliphatic hydroxyl groups excluding tert-OH is 1. The molecule has 0 aromatic heterocycles. The van der Waals surface area contributed by atoms with Crippen LogP contribution in [0.3, 0.4) is 0 Å². The Morgan fingerprint density at radius 2 is 2.05 bits per heavy atom. The molecule has 106 valence electrons. The van der Waals surface area contributed by atoms with E-state index in [2.05, 4.69) is 10.6 Å².